The van der Waals surface area contributed by atoms with Crippen molar-refractivity contribution >= 4 is 33.7 Å². The quantitative estimate of drug-likeness (QED) is 0.756. The lowest BCUT2D eigenvalue weighted by Crippen LogP contribution is -2.35. The van der Waals surface area contributed by atoms with Crippen LogP contribution in [0.3, 0.4) is 0 Å². The van der Waals surface area contributed by atoms with Crippen LogP contribution in [-0.2, 0) is 9.59 Å². The maximum Gasteiger partial charge on any atom is 0.223 e. The fourth-order valence-electron chi connectivity index (χ4n) is 3.37. The van der Waals surface area contributed by atoms with Gasteiger partial charge in [0.2, 0.25) is 10.5 Å². The predicted octanol–water partition coefficient (Wildman–Crippen LogP) is 4.07. The Bertz CT molecular complexity index is 714. The van der Waals surface area contributed by atoms with E-state index in [0.29, 0.717) is 6.54 Å². The molecule has 0 fully saturated rings. The van der Waals surface area contributed by atoms with Gasteiger partial charge in [-0.05, 0) is 45.5 Å². The number of rotatable bonds is 7. The summed E-state index contributed by atoms with van der Waals surface area (Å²) in [7, 11) is 0. The summed E-state index contributed by atoms with van der Waals surface area (Å²) in [5.74, 6) is 0.177. The summed E-state index contributed by atoms with van der Waals surface area (Å²) >= 11 is 11.0. The highest BCUT2D eigenvalue weighted by atomic mass is 35.5. The summed E-state index contributed by atoms with van der Waals surface area (Å²) < 4.78 is 0. The van der Waals surface area contributed by atoms with Gasteiger partial charge in [0.05, 0.1) is 0 Å². The molecule has 3 nitrogen and oxygen atoms in total. The number of halogens is 2. The van der Waals surface area contributed by atoms with E-state index in [4.69, 9.17) is 23.2 Å². The number of carbonyl (C=O) groups excluding carboxylic acids is 2. The van der Waals surface area contributed by atoms with Crippen LogP contribution < -0.4 is 5.32 Å². The average Bonchev–Trinajstić information content (AvgIpc) is 2.86. The molecule has 0 radical (unpaired) electrons. The fraction of sp³-hybridized carbons (Fsp3) is 0.263. The van der Waals surface area contributed by atoms with Gasteiger partial charge in [-0.1, -0.05) is 48.5 Å². The normalized spacial score (nSPS) is 13.0. The minimum Gasteiger partial charge on any atom is -0.312 e. The van der Waals surface area contributed by atoms with Crippen molar-refractivity contribution in [3.8, 4) is 11.1 Å². The van der Waals surface area contributed by atoms with Crippen LogP contribution in [0.1, 0.15) is 29.9 Å². The zero-order valence-electron chi connectivity index (χ0n) is 13.0. The molecule has 0 bridgehead atoms. The van der Waals surface area contributed by atoms with Gasteiger partial charge in [-0.15, -0.1) is 0 Å². The molecule has 0 aliphatic heterocycles. The highest BCUT2D eigenvalue weighted by Crippen LogP contribution is 2.44. The van der Waals surface area contributed by atoms with E-state index in [1.54, 1.807) is 0 Å². The maximum atomic E-state index is 11.2. The van der Waals surface area contributed by atoms with Crippen molar-refractivity contribution in [3.05, 3.63) is 59.7 Å². The summed E-state index contributed by atoms with van der Waals surface area (Å²) in [6.45, 7) is 0.618. The molecule has 0 aromatic heterocycles. The van der Waals surface area contributed by atoms with Crippen LogP contribution in [0.25, 0.3) is 11.1 Å². The van der Waals surface area contributed by atoms with Crippen molar-refractivity contribution in [2.75, 3.05) is 6.54 Å². The lowest BCUT2D eigenvalue weighted by atomic mass is 9.96. The number of carbonyl (C=O) groups is 2. The SMILES string of the molecule is O=C(Cl)CC(CC(=O)Cl)NCC1c2ccccc2-c2ccccc21. The first kappa shape index (κ1) is 17.2. The Morgan fingerprint density at radius 3 is 1.79 bits per heavy atom. The van der Waals surface area contributed by atoms with Gasteiger partial charge in [-0.2, -0.15) is 0 Å². The largest absolute Gasteiger partial charge is 0.312 e. The first-order valence-corrected chi connectivity index (χ1v) is 8.60. The van der Waals surface area contributed by atoms with Gasteiger partial charge >= 0.3 is 0 Å². The number of benzene rings is 2. The second-order valence-corrected chi connectivity index (χ2v) is 6.79. The summed E-state index contributed by atoms with van der Waals surface area (Å²) in [5.41, 5.74) is 4.97. The number of fused-ring (bicyclic) bond motifs is 3. The van der Waals surface area contributed by atoms with E-state index >= 15 is 0 Å². The first-order chi connectivity index (χ1) is 11.6. The monoisotopic (exact) mass is 361 g/mol. The number of hydrogen-bond donors (Lipinski definition) is 1. The summed E-state index contributed by atoms with van der Waals surface area (Å²) in [5, 5.41) is 2.35. The van der Waals surface area contributed by atoms with Crippen molar-refractivity contribution in [1.82, 2.24) is 5.32 Å². The molecule has 2 aromatic rings. The minimum atomic E-state index is -0.474. The molecule has 0 unspecified atom stereocenters. The van der Waals surface area contributed by atoms with Crippen molar-refractivity contribution in [3.63, 3.8) is 0 Å². The van der Waals surface area contributed by atoms with Crippen LogP contribution in [0, 0.1) is 0 Å². The molecular formula is C19H17Cl2NO2. The highest BCUT2D eigenvalue weighted by molar-refractivity contribution is 6.64. The van der Waals surface area contributed by atoms with Crippen molar-refractivity contribution < 1.29 is 9.59 Å². The number of nitrogens with one attached hydrogen (secondary N) is 1. The Morgan fingerprint density at radius 2 is 1.33 bits per heavy atom. The molecule has 0 saturated carbocycles. The summed E-state index contributed by atoms with van der Waals surface area (Å²) in [6.07, 6.45) is 0.159. The molecule has 3 rings (SSSR count). The molecule has 0 spiro atoms. The Morgan fingerprint density at radius 1 is 0.875 bits per heavy atom. The molecule has 2 aromatic carbocycles. The van der Waals surface area contributed by atoms with E-state index in [0.717, 1.165) is 0 Å². The molecule has 1 aliphatic rings. The van der Waals surface area contributed by atoms with Crippen LogP contribution in [-0.4, -0.2) is 23.1 Å². The molecule has 124 valence electrons. The lowest BCUT2D eigenvalue weighted by Gasteiger charge is -2.20. The predicted molar refractivity (Wildman–Crippen MR) is 96.5 cm³/mol. The van der Waals surface area contributed by atoms with Gasteiger partial charge in [0, 0.05) is 31.3 Å². The van der Waals surface area contributed by atoms with Gasteiger partial charge < -0.3 is 5.32 Å². The van der Waals surface area contributed by atoms with Crippen molar-refractivity contribution in [2.24, 2.45) is 0 Å². The van der Waals surface area contributed by atoms with Crippen LogP contribution in [0.2, 0.25) is 0 Å². The standard InChI is InChI=1S/C19H17Cl2NO2/c20-18(23)9-12(10-19(21)24)22-11-17-15-7-3-1-5-13(15)14-6-2-4-8-16(14)17/h1-8,12,17,22H,9-11H2. The lowest BCUT2D eigenvalue weighted by molar-refractivity contribution is -0.113. The Labute approximate surface area is 151 Å². The van der Waals surface area contributed by atoms with E-state index < -0.39 is 10.5 Å². The smallest absolute Gasteiger partial charge is 0.223 e. The maximum absolute atomic E-state index is 11.2. The molecule has 1 N–H and O–H groups in total. The molecule has 0 atom stereocenters. The Kier molecular flexibility index (Phi) is 5.34. The van der Waals surface area contributed by atoms with Gasteiger partial charge in [0.15, 0.2) is 0 Å². The topological polar surface area (TPSA) is 46.2 Å². The second-order valence-electron chi connectivity index (χ2n) is 5.95. The van der Waals surface area contributed by atoms with E-state index in [-0.39, 0.29) is 24.8 Å². The highest BCUT2D eigenvalue weighted by Gasteiger charge is 2.28. The zero-order chi connectivity index (χ0) is 17.1. The molecular weight excluding hydrogens is 345 g/mol. The van der Waals surface area contributed by atoms with Gasteiger partial charge in [0.25, 0.3) is 0 Å². The molecule has 5 heteroatoms. The molecule has 0 amide bonds. The molecule has 24 heavy (non-hydrogen) atoms. The third-order valence-electron chi connectivity index (χ3n) is 4.39. The Balaban J connectivity index is 1.81. The van der Waals surface area contributed by atoms with Gasteiger partial charge in [0.1, 0.15) is 0 Å². The third kappa shape index (κ3) is 3.69. The van der Waals surface area contributed by atoms with Crippen LogP contribution in [0.15, 0.2) is 48.5 Å². The fourth-order valence-corrected chi connectivity index (χ4v) is 3.74. The number of hydrogen-bond acceptors (Lipinski definition) is 3. The molecule has 0 saturated heterocycles. The average molecular weight is 362 g/mol. The van der Waals surface area contributed by atoms with Gasteiger partial charge in [-0.3, -0.25) is 9.59 Å². The van der Waals surface area contributed by atoms with Gasteiger partial charge in [-0.25, -0.2) is 0 Å². The van der Waals surface area contributed by atoms with E-state index in [2.05, 4.69) is 29.6 Å². The zero-order valence-corrected chi connectivity index (χ0v) is 14.5. The van der Waals surface area contributed by atoms with E-state index in [9.17, 15) is 9.59 Å². The van der Waals surface area contributed by atoms with Crippen LogP contribution in [0.5, 0.6) is 0 Å². The summed E-state index contributed by atoms with van der Waals surface area (Å²) in [4.78, 5) is 22.4. The van der Waals surface area contributed by atoms with E-state index in [1.165, 1.54) is 22.3 Å². The third-order valence-corrected chi connectivity index (χ3v) is 4.70. The van der Waals surface area contributed by atoms with Crippen LogP contribution >= 0.6 is 23.2 Å². The van der Waals surface area contributed by atoms with Crippen LogP contribution in [0.4, 0.5) is 0 Å². The first-order valence-electron chi connectivity index (χ1n) is 7.84. The second kappa shape index (κ2) is 7.47. The Hall–Kier alpha value is -1.68. The van der Waals surface area contributed by atoms with E-state index in [1.807, 2.05) is 24.3 Å². The van der Waals surface area contributed by atoms with Crippen molar-refractivity contribution in [1.29, 1.82) is 0 Å². The molecule has 1 aliphatic carbocycles. The van der Waals surface area contributed by atoms with Crippen molar-refractivity contribution in [2.45, 2.75) is 24.8 Å². The molecule has 0 heterocycles. The minimum absolute atomic E-state index is 0.0794. The summed E-state index contributed by atoms with van der Waals surface area (Å²) in [6, 6.07) is 16.3.